The Labute approximate surface area is 176 Å². The number of hydrogen-bond donors (Lipinski definition) is 1. The molecule has 0 aliphatic carbocycles. The number of esters is 1. The van der Waals surface area contributed by atoms with Crippen molar-refractivity contribution in [3.8, 4) is 5.75 Å². The van der Waals surface area contributed by atoms with Crippen LogP contribution >= 0.6 is 15.9 Å². The highest BCUT2D eigenvalue weighted by Gasteiger charge is 2.36. The van der Waals surface area contributed by atoms with E-state index in [1.165, 1.54) is 0 Å². The van der Waals surface area contributed by atoms with Crippen LogP contribution in [0.15, 0.2) is 46.9 Å². The fourth-order valence-corrected chi connectivity index (χ4v) is 2.59. The number of non-ortho nitro benzene ring substituents is 1. The highest BCUT2D eigenvalue weighted by atomic mass is 79.9. The highest BCUT2D eigenvalue weighted by molar-refractivity contribution is 9.10. The Morgan fingerprint density at radius 2 is 1.93 bits per heavy atom. The first-order chi connectivity index (χ1) is 14.0. The number of nitro groups is 1. The zero-order valence-electron chi connectivity index (χ0n) is 15.2. The maximum absolute atomic E-state index is 13.2. The van der Waals surface area contributed by atoms with Crippen molar-refractivity contribution >= 4 is 39.2 Å². The second kappa shape index (κ2) is 9.57. The number of rotatable bonds is 7. The van der Waals surface area contributed by atoms with Gasteiger partial charge in [-0.05, 0) is 31.2 Å². The lowest BCUT2D eigenvalue weighted by Gasteiger charge is -2.17. The Bertz CT molecular complexity index is 967. The van der Waals surface area contributed by atoms with Gasteiger partial charge in [0.25, 0.3) is 11.6 Å². The maximum atomic E-state index is 13.2. The van der Waals surface area contributed by atoms with Gasteiger partial charge in [0.15, 0.2) is 12.7 Å². The van der Waals surface area contributed by atoms with Crippen LogP contribution in [0.1, 0.15) is 12.5 Å². The number of carbonyl (C=O) groups excluding carboxylic acids is 2. The molecule has 0 heterocycles. The van der Waals surface area contributed by atoms with Crippen molar-refractivity contribution in [2.75, 3.05) is 11.9 Å². The summed E-state index contributed by atoms with van der Waals surface area (Å²) in [5.74, 6) is -1.61. The van der Waals surface area contributed by atoms with Crippen LogP contribution in [0.4, 0.5) is 24.5 Å². The van der Waals surface area contributed by atoms with Crippen LogP contribution in [0.2, 0.25) is 0 Å². The van der Waals surface area contributed by atoms with Crippen molar-refractivity contribution in [2.24, 2.45) is 0 Å². The number of nitrogens with one attached hydrogen (secondary N) is 1. The number of benzene rings is 2. The summed E-state index contributed by atoms with van der Waals surface area (Å²) in [4.78, 5) is 33.7. The number of anilines is 1. The van der Waals surface area contributed by atoms with Gasteiger partial charge in [0, 0.05) is 16.6 Å². The average Bonchev–Trinajstić information content (AvgIpc) is 2.65. The van der Waals surface area contributed by atoms with Crippen LogP contribution in [0.3, 0.4) is 0 Å². The van der Waals surface area contributed by atoms with E-state index in [2.05, 4.69) is 15.9 Å². The number of amides is 1. The lowest BCUT2D eigenvalue weighted by atomic mass is 10.1. The average molecular weight is 491 g/mol. The largest absolute Gasteiger partial charge is 0.482 e. The molecule has 12 heteroatoms. The number of carbonyl (C=O) groups is 2. The summed E-state index contributed by atoms with van der Waals surface area (Å²) in [6.07, 6.45) is -6.40. The fourth-order valence-electron chi connectivity index (χ4n) is 2.21. The molecule has 0 aliphatic heterocycles. The molecular formula is C18H14BrF3N2O6. The standard InChI is InChI=1S/C18H14BrF3N2O6/c1-10(30-16(25)9-29-13-4-2-3-11(19)7-13)17(26)23-15-6-5-12(24(27)28)8-14(15)18(20,21)22/h2-8,10H,9H2,1H3,(H,23,26). The summed E-state index contributed by atoms with van der Waals surface area (Å²) in [5, 5.41) is 12.7. The van der Waals surface area contributed by atoms with Gasteiger partial charge in [-0.3, -0.25) is 14.9 Å². The van der Waals surface area contributed by atoms with E-state index in [0.717, 1.165) is 19.1 Å². The predicted octanol–water partition coefficient (Wildman–Crippen LogP) is 4.33. The van der Waals surface area contributed by atoms with E-state index in [-0.39, 0.29) is 0 Å². The number of halogens is 4. The van der Waals surface area contributed by atoms with Crippen molar-refractivity contribution in [1.82, 2.24) is 0 Å². The Balaban J connectivity index is 2.01. The van der Waals surface area contributed by atoms with Gasteiger partial charge in [0.05, 0.1) is 16.2 Å². The van der Waals surface area contributed by atoms with Gasteiger partial charge in [-0.15, -0.1) is 0 Å². The molecule has 1 atom stereocenters. The van der Waals surface area contributed by atoms with Gasteiger partial charge < -0.3 is 14.8 Å². The van der Waals surface area contributed by atoms with Crippen molar-refractivity contribution in [3.05, 3.63) is 62.6 Å². The molecule has 0 saturated heterocycles. The van der Waals surface area contributed by atoms with Crippen molar-refractivity contribution < 1.29 is 37.2 Å². The van der Waals surface area contributed by atoms with Crippen molar-refractivity contribution in [3.63, 3.8) is 0 Å². The second-order valence-electron chi connectivity index (χ2n) is 5.85. The summed E-state index contributed by atoms with van der Waals surface area (Å²) in [6.45, 7) is 0.629. The molecular weight excluding hydrogens is 477 g/mol. The molecule has 0 bridgehead atoms. The Morgan fingerprint density at radius 1 is 1.23 bits per heavy atom. The van der Waals surface area contributed by atoms with Gasteiger partial charge in [0.1, 0.15) is 5.75 Å². The van der Waals surface area contributed by atoms with Gasteiger partial charge in [-0.2, -0.15) is 13.2 Å². The molecule has 0 radical (unpaired) electrons. The number of hydrogen-bond acceptors (Lipinski definition) is 6. The Morgan fingerprint density at radius 3 is 2.53 bits per heavy atom. The van der Waals surface area contributed by atoms with Crippen LogP contribution in [-0.2, 0) is 20.5 Å². The maximum Gasteiger partial charge on any atom is 0.418 e. The predicted molar refractivity (Wildman–Crippen MR) is 102 cm³/mol. The molecule has 1 amide bonds. The molecule has 0 aliphatic rings. The number of nitrogens with zero attached hydrogens (tertiary/aromatic N) is 1. The van der Waals surface area contributed by atoms with E-state index in [1.807, 2.05) is 5.32 Å². The molecule has 0 saturated carbocycles. The summed E-state index contributed by atoms with van der Waals surface area (Å²) in [6, 6.07) is 8.46. The second-order valence-corrected chi connectivity index (χ2v) is 6.77. The van der Waals surface area contributed by atoms with Crippen LogP contribution in [0.25, 0.3) is 0 Å². The zero-order chi connectivity index (χ0) is 22.5. The summed E-state index contributed by atoms with van der Waals surface area (Å²) in [5.41, 5.74) is -2.89. The number of ether oxygens (including phenoxy) is 2. The monoisotopic (exact) mass is 490 g/mol. The van der Waals surface area contributed by atoms with E-state index in [4.69, 9.17) is 9.47 Å². The molecule has 0 fully saturated rings. The van der Waals surface area contributed by atoms with Gasteiger partial charge in [-0.1, -0.05) is 22.0 Å². The Kier molecular flexibility index (Phi) is 7.38. The first-order valence-electron chi connectivity index (χ1n) is 8.21. The summed E-state index contributed by atoms with van der Waals surface area (Å²) >= 11 is 3.23. The van der Waals surface area contributed by atoms with Crippen LogP contribution < -0.4 is 10.1 Å². The molecule has 30 heavy (non-hydrogen) atoms. The van der Waals surface area contributed by atoms with E-state index in [9.17, 15) is 32.9 Å². The summed E-state index contributed by atoms with van der Waals surface area (Å²) in [7, 11) is 0. The van der Waals surface area contributed by atoms with Crippen LogP contribution in [0.5, 0.6) is 5.75 Å². The van der Waals surface area contributed by atoms with Crippen LogP contribution in [-0.4, -0.2) is 29.5 Å². The van der Waals surface area contributed by atoms with Crippen LogP contribution in [0, 0.1) is 10.1 Å². The molecule has 0 spiro atoms. The third kappa shape index (κ3) is 6.44. The first-order valence-corrected chi connectivity index (χ1v) is 9.01. The van der Waals surface area contributed by atoms with E-state index in [1.54, 1.807) is 24.3 Å². The smallest absolute Gasteiger partial charge is 0.418 e. The lowest BCUT2D eigenvalue weighted by molar-refractivity contribution is -0.385. The van der Waals surface area contributed by atoms with E-state index in [0.29, 0.717) is 16.3 Å². The van der Waals surface area contributed by atoms with Crippen molar-refractivity contribution in [1.29, 1.82) is 0 Å². The molecule has 1 unspecified atom stereocenters. The van der Waals surface area contributed by atoms with Gasteiger partial charge in [-0.25, -0.2) is 4.79 Å². The minimum absolute atomic E-state index is 0.304. The quantitative estimate of drug-likeness (QED) is 0.351. The van der Waals surface area contributed by atoms with Crippen molar-refractivity contribution in [2.45, 2.75) is 19.2 Å². The number of nitro benzene ring substituents is 1. The van der Waals surface area contributed by atoms with Gasteiger partial charge >= 0.3 is 12.1 Å². The minimum Gasteiger partial charge on any atom is -0.482 e. The molecule has 2 rings (SSSR count). The third-order valence-corrected chi connectivity index (χ3v) is 4.10. The lowest BCUT2D eigenvalue weighted by Crippen LogP contribution is -2.32. The SMILES string of the molecule is CC(OC(=O)COc1cccc(Br)c1)C(=O)Nc1ccc([N+](=O)[O-])cc1C(F)(F)F. The fraction of sp³-hybridized carbons (Fsp3) is 0.222. The Hall–Kier alpha value is -3.15. The topological polar surface area (TPSA) is 108 Å². The molecule has 160 valence electrons. The molecule has 1 N–H and O–H groups in total. The van der Waals surface area contributed by atoms with E-state index < -0.39 is 52.6 Å². The molecule has 0 aromatic heterocycles. The zero-order valence-corrected chi connectivity index (χ0v) is 16.8. The minimum atomic E-state index is -4.95. The molecule has 2 aromatic rings. The first kappa shape index (κ1) is 23.1. The normalized spacial score (nSPS) is 12.0. The van der Waals surface area contributed by atoms with E-state index >= 15 is 0 Å². The number of alkyl halides is 3. The van der Waals surface area contributed by atoms with Gasteiger partial charge in [0.2, 0.25) is 0 Å². The molecule has 2 aromatic carbocycles. The highest BCUT2D eigenvalue weighted by Crippen LogP contribution is 2.37. The third-order valence-electron chi connectivity index (χ3n) is 3.61. The molecule has 8 nitrogen and oxygen atoms in total. The summed E-state index contributed by atoms with van der Waals surface area (Å²) < 4.78 is 50.3.